The molecule has 0 amide bonds. The summed E-state index contributed by atoms with van der Waals surface area (Å²) >= 11 is 0. The highest BCUT2D eigenvalue weighted by molar-refractivity contribution is 5.43. The van der Waals surface area contributed by atoms with Crippen LogP contribution in [0.1, 0.15) is 35.8 Å². The standard InChI is InChI=1S/C14H17N3O2/c1-10-4-2-5-11-12(6-3-7-18-14(10)11)15-8-13-16-9-19-17-13/h2,4-5,9,12,15H,3,6-8H2,1H3. The van der Waals surface area contributed by atoms with Gasteiger partial charge in [-0.1, -0.05) is 23.4 Å². The van der Waals surface area contributed by atoms with Crippen molar-refractivity contribution >= 4 is 0 Å². The fourth-order valence-electron chi connectivity index (χ4n) is 2.46. The number of fused-ring (bicyclic) bond motifs is 1. The highest BCUT2D eigenvalue weighted by Gasteiger charge is 2.20. The lowest BCUT2D eigenvalue weighted by Crippen LogP contribution is -2.21. The van der Waals surface area contributed by atoms with E-state index in [1.807, 2.05) is 0 Å². The van der Waals surface area contributed by atoms with Crippen molar-refractivity contribution in [2.45, 2.75) is 32.4 Å². The largest absolute Gasteiger partial charge is 0.493 e. The number of nitrogens with one attached hydrogen (secondary N) is 1. The van der Waals surface area contributed by atoms with Gasteiger partial charge in [0.15, 0.2) is 5.82 Å². The van der Waals surface area contributed by atoms with E-state index in [0.29, 0.717) is 12.4 Å². The predicted octanol–water partition coefficient (Wildman–Crippen LogP) is 2.38. The summed E-state index contributed by atoms with van der Waals surface area (Å²) in [4.78, 5) is 4.03. The number of hydrogen-bond donors (Lipinski definition) is 1. The number of rotatable bonds is 3. The van der Waals surface area contributed by atoms with Crippen LogP contribution in [0.3, 0.4) is 0 Å². The smallest absolute Gasteiger partial charge is 0.213 e. The van der Waals surface area contributed by atoms with Crippen LogP contribution in [0.4, 0.5) is 0 Å². The first-order valence-corrected chi connectivity index (χ1v) is 6.55. The Bertz CT molecular complexity index is 540. The van der Waals surface area contributed by atoms with Crippen LogP contribution >= 0.6 is 0 Å². The summed E-state index contributed by atoms with van der Waals surface area (Å²) in [5.41, 5.74) is 2.41. The molecule has 100 valence electrons. The Balaban J connectivity index is 1.80. The molecular weight excluding hydrogens is 242 g/mol. The van der Waals surface area contributed by atoms with Gasteiger partial charge in [0, 0.05) is 11.6 Å². The van der Waals surface area contributed by atoms with Gasteiger partial charge in [-0.2, -0.15) is 4.98 Å². The minimum absolute atomic E-state index is 0.274. The van der Waals surface area contributed by atoms with Crippen LogP contribution in [0.25, 0.3) is 0 Å². The van der Waals surface area contributed by atoms with E-state index >= 15 is 0 Å². The van der Waals surface area contributed by atoms with Crippen LogP contribution in [-0.2, 0) is 6.54 Å². The number of hydrogen-bond acceptors (Lipinski definition) is 5. The van der Waals surface area contributed by atoms with Gasteiger partial charge in [0.1, 0.15) is 5.75 Å². The van der Waals surface area contributed by atoms with Gasteiger partial charge in [0.2, 0.25) is 6.39 Å². The van der Waals surface area contributed by atoms with Crippen molar-refractivity contribution in [3.05, 3.63) is 41.5 Å². The second kappa shape index (κ2) is 5.40. The van der Waals surface area contributed by atoms with Crippen molar-refractivity contribution in [3.63, 3.8) is 0 Å². The third-order valence-corrected chi connectivity index (χ3v) is 3.41. The zero-order chi connectivity index (χ0) is 13.1. The topological polar surface area (TPSA) is 60.2 Å². The number of benzene rings is 1. The SMILES string of the molecule is Cc1cccc2c1OCCCC2NCc1ncon1. The van der Waals surface area contributed by atoms with Gasteiger partial charge in [0.05, 0.1) is 13.2 Å². The van der Waals surface area contributed by atoms with Crippen molar-refractivity contribution in [3.8, 4) is 5.75 Å². The highest BCUT2D eigenvalue weighted by atomic mass is 16.5. The lowest BCUT2D eigenvalue weighted by atomic mass is 10.00. The van der Waals surface area contributed by atoms with Gasteiger partial charge in [-0.15, -0.1) is 0 Å². The Hall–Kier alpha value is -1.88. The maximum atomic E-state index is 5.86. The molecule has 0 aliphatic carbocycles. The zero-order valence-corrected chi connectivity index (χ0v) is 10.9. The van der Waals surface area contributed by atoms with Crippen molar-refractivity contribution in [2.24, 2.45) is 0 Å². The van der Waals surface area contributed by atoms with Crippen LogP contribution in [0.5, 0.6) is 5.75 Å². The Morgan fingerprint density at radius 1 is 1.42 bits per heavy atom. The molecule has 5 nitrogen and oxygen atoms in total. The van der Waals surface area contributed by atoms with Gasteiger partial charge in [-0.05, 0) is 25.3 Å². The lowest BCUT2D eigenvalue weighted by molar-refractivity contribution is 0.313. The average Bonchev–Trinajstić information content (AvgIpc) is 2.84. The van der Waals surface area contributed by atoms with Crippen molar-refractivity contribution in [1.82, 2.24) is 15.5 Å². The molecule has 2 heterocycles. The molecule has 5 heteroatoms. The first kappa shape index (κ1) is 12.2. The van der Waals surface area contributed by atoms with E-state index in [2.05, 4.69) is 40.6 Å². The lowest BCUT2D eigenvalue weighted by Gasteiger charge is -2.18. The van der Waals surface area contributed by atoms with E-state index in [-0.39, 0.29) is 6.04 Å². The van der Waals surface area contributed by atoms with Gasteiger partial charge >= 0.3 is 0 Å². The summed E-state index contributed by atoms with van der Waals surface area (Å²) in [6.45, 7) is 3.47. The Morgan fingerprint density at radius 2 is 2.37 bits per heavy atom. The molecule has 0 spiro atoms. The van der Waals surface area contributed by atoms with E-state index in [9.17, 15) is 0 Å². The van der Waals surface area contributed by atoms with Crippen LogP contribution in [0.15, 0.2) is 29.1 Å². The summed E-state index contributed by atoms with van der Waals surface area (Å²) in [5, 5.41) is 7.30. The van der Waals surface area contributed by atoms with Gasteiger partial charge in [-0.25, -0.2) is 0 Å². The predicted molar refractivity (Wildman–Crippen MR) is 69.8 cm³/mol. The normalized spacial score (nSPS) is 18.5. The summed E-state index contributed by atoms with van der Waals surface area (Å²) in [6.07, 6.45) is 3.44. The molecule has 2 aromatic rings. The monoisotopic (exact) mass is 259 g/mol. The second-order valence-corrected chi connectivity index (χ2v) is 4.76. The van der Waals surface area contributed by atoms with E-state index in [0.717, 1.165) is 25.2 Å². The summed E-state index contributed by atoms with van der Waals surface area (Å²) in [5.74, 6) is 1.70. The molecule has 0 saturated heterocycles. The second-order valence-electron chi connectivity index (χ2n) is 4.76. The van der Waals surface area contributed by atoms with Gasteiger partial charge in [-0.3, -0.25) is 0 Å². The molecule has 0 bridgehead atoms. The fraction of sp³-hybridized carbons (Fsp3) is 0.429. The first-order chi connectivity index (χ1) is 9.34. The van der Waals surface area contributed by atoms with Crippen LogP contribution < -0.4 is 10.1 Å². The number of aryl methyl sites for hydroxylation is 1. The maximum absolute atomic E-state index is 5.86. The molecule has 1 N–H and O–H groups in total. The zero-order valence-electron chi connectivity index (χ0n) is 10.9. The Morgan fingerprint density at radius 3 is 3.21 bits per heavy atom. The molecule has 0 fully saturated rings. The van der Waals surface area contributed by atoms with Crippen LogP contribution in [0, 0.1) is 6.92 Å². The summed E-state index contributed by atoms with van der Waals surface area (Å²) < 4.78 is 10.6. The van der Waals surface area contributed by atoms with Gasteiger partial charge < -0.3 is 14.6 Å². The molecule has 1 aromatic carbocycles. The maximum Gasteiger partial charge on any atom is 0.213 e. The third kappa shape index (κ3) is 2.61. The molecule has 19 heavy (non-hydrogen) atoms. The number of nitrogens with zero attached hydrogens (tertiary/aromatic N) is 2. The van der Waals surface area contributed by atoms with Crippen LogP contribution in [0.2, 0.25) is 0 Å². The quantitative estimate of drug-likeness (QED) is 0.917. The van der Waals surface area contributed by atoms with Crippen molar-refractivity contribution < 1.29 is 9.26 Å². The minimum Gasteiger partial charge on any atom is -0.493 e. The minimum atomic E-state index is 0.274. The van der Waals surface area contributed by atoms with E-state index in [4.69, 9.17) is 9.26 Å². The molecule has 0 radical (unpaired) electrons. The van der Waals surface area contributed by atoms with E-state index in [1.165, 1.54) is 17.5 Å². The molecule has 3 rings (SSSR count). The average molecular weight is 259 g/mol. The number of para-hydroxylation sites is 1. The number of ether oxygens (including phenoxy) is 1. The van der Waals surface area contributed by atoms with Crippen LogP contribution in [-0.4, -0.2) is 16.7 Å². The summed E-state index contributed by atoms with van der Waals surface area (Å²) in [7, 11) is 0. The molecule has 1 aromatic heterocycles. The number of aromatic nitrogens is 2. The van der Waals surface area contributed by atoms with E-state index in [1.54, 1.807) is 0 Å². The van der Waals surface area contributed by atoms with Crippen molar-refractivity contribution in [2.75, 3.05) is 6.61 Å². The van der Waals surface area contributed by atoms with Gasteiger partial charge in [0.25, 0.3) is 0 Å². The summed E-state index contributed by atoms with van der Waals surface area (Å²) in [6, 6.07) is 6.56. The first-order valence-electron chi connectivity index (χ1n) is 6.55. The molecule has 1 aliphatic rings. The van der Waals surface area contributed by atoms with E-state index < -0.39 is 0 Å². The highest BCUT2D eigenvalue weighted by Crippen LogP contribution is 2.33. The third-order valence-electron chi connectivity index (χ3n) is 3.41. The molecule has 1 aliphatic heterocycles. The molecule has 0 saturated carbocycles. The Kier molecular flexibility index (Phi) is 3.46. The fourth-order valence-corrected chi connectivity index (χ4v) is 2.46. The molecule has 1 unspecified atom stereocenters. The molecular formula is C14H17N3O2. The molecule has 1 atom stereocenters. The Labute approximate surface area is 112 Å². The van der Waals surface area contributed by atoms with Crippen molar-refractivity contribution in [1.29, 1.82) is 0 Å².